The van der Waals surface area contributed by atoms with E-state index in [9.17, 15) is 18.5 Å². The van der Waals surface area contributed by atoms with Gasteiger partial charge in [0.25, 0.3) is 0 Å². The highest BCUT2D eigenvalue weighted by atomic mass is 35.5. The van der Waals surface area contributed by atoms with Crippen molar-refractivity contribution < 1.29 is 23.2 Å². The molecule has 164 valence electrons. The molecule has 0 heterocycles. The molecule has 0 amide bonds. The number of benzene rings is 1. The first kappa shape index (κ1) is 20.7. The molecule has 0 unspecified atom stereocenters. The third kappa shape index (κ3) is 3.68. The summed E-state index contributed by atoms with van der Waals surface area (Å²) in [6, 6.07) is 2.61. The summed E-state index contributed by atoms with van der Waals surface area (Å²) in [7, 11) is -1.75. The number of carboxylic acids is 1. The van der Waals surface area contributed by atoms with Crippen molar-refractivity contribution in [1.29, 1.82) is 0 Å². The molecular weight excluding hydrogens is 427 g/mol. The lowest BCUT2D eigenvalue weighted by Gasteiger charge is -2.56. The first-order valence-electron chi connectivity index (χ1n) is 11.1. The van der Waals surface area contributed by atoms with Gasteiger partial charge in [-0.05, 0) is 75.2 Å². The van der Waals surface area contributed by atoms with Crippen LogP contribution in [0.2, 0.25) is 5.02 Å². The molecule has 1 aromatic rings. The Morgan fingerprint density at radius 2 is 1.80 bits per heavy atom. The zero-order valence-electron chi connectivity index (χ0n) is 16.9. The van der Waals surface area contributed by atoms with Gasteiger partial charge >= 0.3 is 5.97 Å². The van der Waals surface area contributed by atoms with E-state index in [0.29, 0.717) is 31.6 Å². The molecule has 5 fully saturated rings. The van der Waals surface area contributed by atoms with Gasteiger partial charge in [0, 0.05) is 11.5 Å². The topological polar surface area (TPSA) is 63.6 Å². The molecule has 0 saturated heterocycles. The predicted octanol–water partition coefficient (Wildman–Crippen LogP) is 5.44. The predicted molar refractivity (Wildman–Crippen MR) is 113 cm³/mol. The quantitative estimate of drug-likeness (QED) is 0.622. The maximum absolute atomic E-state index is 14.9. The number of ether oxygens (including phenoxy) is 1. The molecule has 5 saturated carbocycles. The third-order valence-corrected chi connectivity index (χ3v) is 10.1. The van der Waals surface area contributed by atoms with E-state index in [2.05, 4.69) is 0 Å². The van der Waals surface area contributed by atoms with E-state index in [4.69, 9.17) is 16.3 Å². The maximum atomic E-state index is 14.9. The second-order valence-electron chi connectivity index (χ2n) is 10.1. The summed E-state index contributed by atoms with van der Waals surface area (Å²) < 4.78 is 33.9. The van der Waals surface area contributed by atoms with Gasteiger partial charge in [-0.15, -0.1) is 0 Å². The van der Waals surface area contributed by atoms with E-state index >= 15 is 0 Å². The van der Waals surface area contributed by atoms with Crippen molar-refractivity contribution in [3.05, 3.63) is 23.0 Å². The molecule has 0 aliphatic heterocycles. The van der Waals surface area contributed by atoms with E-state index in [1.807, 2.05) is 0 Å². The Bertz CT molecular complexity index is 853. The lowest BCUT2D eigenvalue weighted by Crippen LogP contribution is -2.48. The average Bonchev–Trinajstić information content (AvgIpc) is 3.17. The number of aliphatic carboxylic acids is 1. The molecule has 7 heteroatoms. The molecule has 5 aliphatic carbocycles. The van der Waals surface area contributed by atoms with Crippen LogP contribution in [-0.4, -0.2) is 27.1 Å². The smallest absolute Gasteiger partial charge is 0.307 e. The van der Waals surface area contributed by atoms with Gasteiger partial charge < -0.3 is 9.84 Å². The van der Waals surface area contributed by atoms with Crippen LogP contribution in [0.15, 0.2) is 17.0 Å². The fourth-order valence-corrected chi connectivity index (χ4v) is 9.13. The van der Waals surface area contributed by atoms with Gasteiger partial charge in [0.2, 0.25) is 0 Å². The number of carboxylic acid groups (broad SMARTS) is 1. The van der Waals surface area contributed by atoms with Gasteiger partial charge in [-0.1, -0.05) is 18.0 Å². The zero-order chi connectivity index (χ0) is 21.0. The minimum absolute atomic E-state index is 0.0136. The second-order valence-corrected chi connectivity index (χ2v) is 12.2. The van der Waals surface area contributed by atoms with Gasteiger partial charge in [-0.3, -0.25) is 9.00 Å². The average molecular weight is 455 g/mol. The lowest BCUT2D eigenvalue weighted by atomic mass is 9.50. The number of carbonyl (C=O) groups is 1. The SMILES string of the molecule is O=C(O)[C@@H]1CCC[C@H]1[S@](=O)c1cc(Cl)c(OCC23CC4CC(CC(C4)C2)C3)cc1F. The van der Waals surface area contributed by atoms with Gasteiger partial charge in [-0.25, -0.2) is 4.39 Å². The summed E-state index contributed by atoms with van der Waals surface area (Å²) in [5.74, 6) is 0.436. The van der Waals surface area contributed by atoms with Crippen LogP contribution in [0.1, 0.15) is 57.8 Å². The fraction of sp³-hybridized carbons (Fsp3) is 0.696. The van der Waals surface area contributed by atoms with E-state index in [0.717, 1.165) is 17.8 Å². The molecule has 4 nitrogen and oxygen atoms in total. The number of halogens is 2. The minimum atomic E-state index is -1.75. The number of hydrogen-bond donors (Lipinski definition) is 1. The normalized spacial score (nSPS) is 38.0. The Kier molecular flexibility index (Phi) is 5.37. The monoisotopic (exact) mass is 454 g/mol. The molecule has 0 aromatic heterocycles. The van der Waals surface area contributed by atoms with Crippen molar-refractivity contribution >= 4 is 28.4 Å². The summed E-state index contributed by atoms with van der Waals surface area (Å²) in [5, 5.41) is 9.03. The highest BCUT2D eigenvalue weighted by Gasteiger charge is 2.51. The van der Waals surface area contributed by atoms with Crippen LogP contribution in [0.3, 0.4) is 0 Å². The fourth-order valence-electron chi connectivity index (χ4n) is 7.10. The van der Waals surface area contributed by atoms with Gasteiger partial charge in [0.05, 0.1) is 38.5 Å². The van der Waals surface area contributed by atoms with Crippen molar-refractivity contribution in [2.75, 3.05) is 6.61 Å². The van der Waals surface area contributed by atoms with Crippen LogP contribution in [0.25, 0.3) is 0 Å². The second kappa shape index (κ2) is 7.77. The Morgan fingerprint density at radius 3 is 2.40 bits per heavy atom. The molecule has 0 spiro atoms. The molecule has 6 rings (SSSR count). The van der Waals surface area contributed by atoms with Crippen molar-refractivity contribution in [2.45, 2.75) is 67.9 Å². The van der Waals surface area contributed by atoms with Crippen LogP contribution in [0, 0.1) is 34.9 Å². The number of rotatable bonds is 6. The van der Waals surface area contributed by atoms with Crippen molar-refractivity contribution in [2.24, 2.45) is 29.1 Å². The molecule has 0 radical (unpaired) electrons. The van der Waals surface area contributed by atoms with E-state index in [1.54, 1.807) is 0 Å². The number of hydrogen-bond acceptors (Lipinski definition) is 3. The van der Waals surface area contributed by atoms with E-state index < -0.39 is 33.8 Å². The molecule has 3 atom stereocenters. The van der Waals surface area contributed by atoms with Crippen LogP contribution in [0.4, 0.5) is 4.39 Å². The van der Waals surface area contributed by atoms with Crippen molar-refractivity contribution in [1.82, 2.24) is 0 Å². The maximum Gasteiger partial charge on any atom is 0.307 e. The third-order valence-electron chi connectivity index (χ3n) is 7.95. The van der Waals surface area contributed by atoms with Crippen molar-refractivity contribution in [3.8, 4) is 5.75 Å². The molecule has 4 bridgehead atoms. The molecular formula is C23H28ClFO4S. The first-order chi connectivity index (χ1) is 14.3. The summed E-state index contributed by atoms with van der Waals surface area (Å²) >= 11 is 6.40. The van der Waals surface area contributed by atoms with Gasteiger partial charge in [0.15, 0.2) is 0 Å². The van der Waals surface area contributed by atoms with Gasteiger partial charge in [-0.2, -0.15) is 0 Å². The van der Waals surface area contributed by atoms with E-state index in [-0.39, 0.29) is 15.3 Å². The molecule has 1 N–H and O–H groups in total. The molecule has 1 aromatic carbocycles. The highest BCUT2D eigenvalue weighted by molar-refractivity contribution is 7.85. The van der Waals surface area contributed by atoms with Crippen molar-refractivity contribution in [3.63, 3.8) is 0 Å². The Hall–Kier alpha value is -1.14. The largest absolute Gasteiger partial charge is 0.491 e. The summed E-state index contributed by atoms with van der Waals surface area (Å²) in [6.45, 7) is 0.557. The lowest BCUT2D eigenvalue weighted by molar-refractivity contribution is -0.141. The van der Waals surface area contributed by atoms with Crippen LogP contribution in [-0.2, 0) is 15.6 Å². The van der Waals surface area contributed by atoms with Crippen LogP contribution < -0.4 is 4.74 Å². The first-order valence-corrected chi connectivity index (χ1v) is 12.7. The van der Waals surface area contributed by atoms with E-state index in [1.165, 1.54) is 50.7 Å². The van der Waals surface area contributed by atoms with Gasteiger partial charge in [0.1, 0.15) is 11.6 Å². The van der Waals surface area contributed by atoms with Crippen LogP contribution >= 0.6 is 11.6 Å². The molecule has 30 heavy (non-hydrogen) atoms. The Labute approximate surface area is 184 Å². The highest BCUT2D eigenvalue weighted by Crippen LogP contribution is 2.60. The minimum Gasteiger partial charge on any atom is -0.491 e. The zero-order valence-corrected chi connectivity index (χ0v) is 18.5. The standard InChI is InChI=1S/C23H28ClFO4S/c24-17-7-21(30(28)20-3-1-2-16(20)22(26)27)18(25)8-19(17)29-12-23-9-13-4-14(10-23)6-15(5-13)11-23/h7-8,13-16,20H,1-6,9-12H2,(H,26,27)/t13?,14?,15?,16-,20-,23?,30+/m1/s1. The van der Waals surface area contributed by atoms with Crippen LogP contribution in [0.5, 0.6) is 5.75 Å². The summed E-state index contributed by atoms with van der Waals surface area (Å²) in [4.78, 5) is 11.4. The molecule has 5 aliphatic rings. The Balaban J connectivity index is 1.31. The summed E-state index contributed by atoms with van der Waals surface area (Å²) in [6.07, 6.45) is 9.33. The Morgan fingerprint density at radius 1 is 1.17 bits per heavy atom. The summed E-state index contributed by atoms with van der Waals surface area (Å²) in [5.41, 5.74) is 0.189.